The molecule has 0 unspecified atom stereocenters. The molecule has 0 aliphatic carbocycles. The molecule has 0 radical (unpaired) electrons. The van der Waals surface area contributed by atoms with Crippen LogP contribution in [0.2, 0.25) is 5.02 Å². The highest BCUT2D eigenvalue weighted by molar-refractivity contribution is 6.31. The summed E-state index contributed by atoms with van der Waals surface area (Å²) in [6.45, 7) is 1.83. The van der Waals surface area contributed by atoms with Crippen molar-refractivity contribution in [2.45, 2.75) is 25.3 Å². The van der Waals surface area contributed by atoms with E-state index in [2.05, 4.69) is 5.32 Å². The molecule has 1 fully saturated rings. The first-order valence-corrected chi connectivity index (χ1v) is 7.26. The summed E-state index contributed by atoms with van der Waals surface area (Å²) in [5, 5.41) is 14.2. The fourth-order valence-corrected chi connectivity index (χ4v) is 2.72. The molecule has 1 heterocycles. The van der Waals surface area contributed by atoms with Crippen LogP contribution in [0.15, 0.2) is 18.2 Å². The Kier molecular flexibility index (Phi) is 7.06. The van der Waals surface area contributed by atoms with E-state index in [1.54, 1.807) is 18.0 Å². The molecule has 1 amide bonds. The standard InChI is InChI=1S/C14H18ClN3O3.ClH/c1-17(11-4-6-16-7-5-11)14(19)8-10-2-3-12(18(20)21)9-13(10)15;/h2-3,9,11,16H,4-8H2,1H3;1H. The van der Waals surface area contributed by atoms with Gasteiger partial charge in [0.25, 0.3) is 5.69 Å². The fourth-order valence-electron chi connectivity index (χ4n) is 2.48. The molecule has 2 rings (SSSR count). The summed E-state index contributed by atoms with van der Waals surface area (Å²) in [5.74, 6) is -0.0161. The molecule has 1 saturated heterocycles. The topological polar surface area (TPSA) is 75.5 Å². The van der Waals surface area contributed by atoms with Gasteiger partial charge in [-0.25, -0.2) is 0 Å². The SMILES string of the molecule is CN(C(=O)Cc1ccc([N+](=O)[O-])cc1Cl)C1CCNCC1.Cl. The van der Waals surface area contributed by atoms with Crippen molar-refractivity contribution in [1.82, 2.24) is 10.2 Å². The number of benzene rings is 1. The van der Waals surface area contributed by atoms with E-state index in [9.17, 15) is 14.9 Å². The molecule has 1 aliphatic rings. The first-order valence-electron chi connectivity index (χ1n) is 6.88. The number of likely N-dealkylation sites (N-methyl/N-ethyl adjacent to an activating group) is 1. The van der Waals surface area contributed by atoms with Crippen molar-refractivity contribution < 1.29 is 9.72 Å². The van der Waals surface area contributed by atoms with Crippen LogP contribution in [0.3, 0.4) is 0 Å². The summed E-state index contributed by atoms with van der Waals surface area (Å²) in [5.41, 5.74) is 0.552. The number of carbonyl (C=O) groups is 1. The van der Waals surface area contributed by atoms with Crippen molar-refractivity contribution in [3.63, 3.8) is 0 Å². The number of hydrogen-bond acceptors (Lipinski definition) is 4. The summed E-state index contributed by atoms with van der Waals surface area (Å²) in [7, 11) is 1.80. The van der Waals surface area contributed by atoms with Gasteiger partial charge in [-0.05, 0) is 31.5 Å². The molecule has 0 atom stereocenters. The van der Waals surface area contributed by atoms with E-state index in [4.69, 9.17) is 11.6 Å². The first kappa shape index (κ1) is 18.7. The number of carbonyl (C=O) groups excluding carboxylic acids is 1. The molecular formula is C14H19Cl2N3O3. The van der Waals surface area contributed by atoms with Crippen LogP contribution in [0.4, 0.5) is 5.69 Å². The zero-order valence-corrected chi connectivity index (χ0v) is 13.8. The Morgan fingerprint density at radius 3 is 2.64 bits per heavy atom. The monoisotopic (exact) mass is 347 g/mol. The number of non-ortho nitro benzene ring substituents is 1. The minimum Gasteiger partial charge on any atom is -0.342 e. The largest absolute Gasteiger partial charge is 0.342 e. The zero-order chi connectivity index (χ0) is 15.4. The zero-order valence-electron chi connectivity index (χ0n) is 12.3. The van der Waals surface area contributed by atoms with Gasteiger partial charge in [0.05, 0.1) is 16.4 Å². The number of piperidine rings is 1. The van der Waals surface area contributed by atoms with Gasteiger partial charge >= 0.3 is 0 Å². The van der Waals surface area contributed by atoms with Gasteiger partial charge in [-0.2, -0.15) is 0 Å². The van der Waals surface area contributed by atoms with Crippen molar-refractivity contribution in [3.8, 4) is 0 Å². The van der Waals surface area contributed by atoms with Crippen molar-refractivity contribution >= 4 is 35.6 Å². The molecule has 1 aliphatic heterocycles. The molecule has 0 saturated carbocycles. The number of nitro groups is 1. The summed E-state index contributed by atoms with van der Waals surface area (Å²) in [4.78, 5) is 24.2. The Labute approximate surface area is 140 Å². The molecule has 1 aromatic carbocycles. The highest BCUT2D eigenvalue weighted by atomic mass is 35.5. The molecular weight excluding hydrogens is 329 g/mol. The van der Waals surface area contributed by atoms with E-state index in [0.717, 1.165) is 25.9 Å². The summed E-state index contributed by atoms with van der Waals surface area (Å²) < 4.78 is 0. The van der Waals surface area contributed by atoms with Gasteiger partial charge in [0.15, 0.2) is 0 Å². The second kappa shape index (κ2) is 8.31. The number of nitrogens with zero attached hydrogens (tertiary/aromatic N) is 2. The van der Waals surface area contributed by atoms with Crippen molar-refractivity contribution in [2.75, 3.05) is 20.1 Å². The van der Waals surface area contributed by atoms with Gasteiger partial charge < -0.3 is 10.2 Å². The lowest BCUT2D eigenvalue weighted by Crippen LogP contribution is -2.44. The van der Waals surface area contributed by atoms with Crippen LogP contribution in [-0.4, -0.2) is 41.9 Å². The van der Waals surface area contributed by atoms with Crippen LogP contribution in [0.5, 0.6) is 0 Å². The van der Waals surface area contributed by atoms with Gasteiger partial charge in [0, 0.05) is 25.2 Å². The molecule has 122 valence electrons. The minimum absolute atomic E-state index is 0. The van der Waals surface area contributed by atoms with E-state index in [1.807, 2.05) is 0 Å². The van der Waals surface area contributed by atoms with Crippen molar-refractivity contribution in [1.29, 1.82) is 0 Å². The van der Waals surface area contributed by atoms with Gasteiger partial charge in [0.1, 0.15) is 0 Å². The first-order chi connectivity index (χ1) is 9.99. The van der Waals surface area contributed by atoms with Gasteiger partial charge in [-0.1, -0.05) is 17.7 Å². The van der Waals surface area contributed by atoms with Crippen LogP contribution < -0.4 is 5.32 Å². The molecule has 0 bridgehead atoms. The number of nitro benzene ring substituents is 1. The summed E-state index contributed by atoms with van der Waals surface area (Å²) in [6, 6.07) is 4.46. The van der Waals surface area contributed by atoms with E-state index >= 15 is 0 Å². The van der Waals surface area contributed by atoms with Crippen LogP contribution in [-0.2, 0) is 11.2 Å². The number of amides is 1. The quantitative estimate of drug-likeness (QED) is 0.670. The summed E-state index contributed by atoms with van der Waals surface area (Å²) >= 11 is 6.02. The average molecular weight is 348 g/mol. The number of halogens is 2. The molecule has 1 aromatic rings. The molecule has 8 heteroatoms. The van der Waals surface area contributed by atoms with Crippen LogP contribution >= 0.6 is 24.0 Å². The third kappa shape index (κ3) is 4.56. The van der Waals surface area contributed by atoms with Gasteiger partial charge in [0.2, 0.25) is 5.91 Å². The van der Waals surface area contributed by atoms with Crippen LogP contribution in [0, 0.1) is 10.1 Å². The molecule has 1 N–H and O–H groups in total. The average Bonchev–Trinajstić information content (AvgIpc) is 2.49. The van der Waals surface area contributed by atoms with E-state index < -0.39 is 4.92 Å². The Morgan fingerprint density at radius 1 is 1.45 bits per heavy atom. The van der Waals surface area contributed by atoms with Gasteiger partial charge in [-0.3, -0.25) is 14.9 Å². The molecule has 0 aromatic heterocycles. The maximum atomic E-state index is 12.3. The lowest BCUT2D eigenvalue weighted by Gasteiger charge is -2.31. The van der Waals surface area contributed by atoms with E-state index in [-0.39, 0.29) is 41.5 Å². The number of hydrogen-bond donors (Lipinski definition) is 1. The smallest absolute Gasteiger partial charge is 0.270 e. The molecule has 6 nitrogen and oxygen atoms in total. The van der Waals surface area contributed by atoms with E-state index in [1.165, 1.54) is 12.1 Å². The van der Waals surface area contributed by atoms with Crippen molar-refractivity contribution in [3.05, 3.63) is 38.9 Å². The molecule has 22 heavy (non-hydrogen) atoms. The second-order valence-corrected chi connectivity index (χ2v) is 5.60. The Balaban J connectivity index is 0.00000242. The third-order valence-electron chi connectivity index (χ3n) is 3.84. The number of rotatable bonds is 4. The highest BCUT2D eigenvalue weighted by Crippen LogP contribution is 2.23. The van der Waals surface area contributed by atoms with Gasteiger partial charge in [-0.15, -0.1) is 12.4 Å². The van der Waals surface area contributed by atoms with E-state index in [0.29, 0.717) is 5.56 Å². The summed E-state index contributed by atoms with van der Waals surface area (Å²) in [6.07, 6.45) is 2.05. The highest BCUT2D eigenvalue weighted by Gasteiger charge is 2.22. The second-order valence-electron chi connectivity index (χ2n) is 5.20. The van der Waals surface area contributed by atoms with Crippen LogP contribution in [0.25, 0.3) is 0 Å². The predicted octanol–water partition coefficient (Wildman–Crippen LogP) is 2.42. The number of nitrogens with one attached hydrogen (secondary N) is 1. The maximum absolute atomic E-state index is 12.3. The fraction of sp³-hybridized carbons (Fsp3) is 0.500. The molecule has 0 spiro atoms. The lowest BCUT2D eigenvalue weighted by molar-refractivity contribution is -0.384. The van der Waals surface area contributed by atoms with Crippen LogP contribution in [0.1, 0.15) is 18.4 Å². The Bertz CT molecular complexity index is 548. The Morgan fingerprint density at radius 2 is 2.09 bits per heavy atom. The lowest BCUT2D eigenvalue weighted by atomic mass is 10.0. The normalized spacial score (nSPS) is 15.0. The minimum atomic E-state index is -0.501. The maximum Gasteiger partial charge on any atom is 0.270 e. The third-order valence-corrected chi connectivity index (χ3v) is 4.19. The Hall–Kier alpha value is -1.37. The van der Waals surface area contributed by atoms with Crippen molar-refractivity contribution in [2.24, 2.45) is 0 Å². The predicted molar refractivity (Wildman–Crippen MR) is 87.7 cm³/mol.